The zero-order chi connectivity index (χ0) is 45.5. The number of carbonyl (C=O) groups is 2. The highest BCUT2D eigenvalue weighted by Crippen LogP contribution is 2.38. The standard InChI is InChI=1S/C50H71NO10SSi/c1-50(2,3)63(4,5)58-36-43-47(61-62(55,56)57)48(60-45(53)35-17-13-9-7-11-15-25-38-29-23-31-40-27-19-21-33-42(38)40)46(49(54)59-43)51-44(52)34-16-12-8-6-10-14-24-37-28-22-30-39-26-18-20-32-41(37)39/h18-23,26-33,43,46-49,54H,6-17,24-25,34-36H2,1-5H3,(H,51,52)(H,55,56,57)/t43-,46-,47-,48-,49?/m1/s1. The van der Waals surface area contributed by atoms with Crippen LogP contribution in [0.2, 0.25) is 18.1 Å². The number of aliphatic hydroxyl groups excluding tert-OH is 1. The van der Waals surface area contributed by atoms with E-state index in [1.165, 1.54) is 32.7 Å². The number of nitrogens with one attached hydrogen (secondary N) is 1. The van der Waals surface area contributed by atoms with Crippen LogP contribution in [-0.4, -0.2) is 75.5 Å². The molecule has 0 radical (unpaired) electrons. The number of aliphatic hydroxyl groups is 1. The van der Waals surface area contributed by atoms with E-state index in [-0.39, 0.29) is 24.5 Å². The third-order valence-electron chi connectivity index (χ3n) is 12.8. The number of amides is 1. The molecule has 3 N–H and O–H groups in total. The van der Waals surface area contributed by atoms with Crippen LogP contribution < -0.4 is 5.32 Å². The quantitative estimate of drug-likeness (QED) is 0.0253. The summed E-state index contributed by atoms with van der Waals surface area (Å²) in [5, 5.41) is 18.9. The number of unbranched alkanes of at least 4 members (excludes halogenated alkanes) is 10. The molecule has 1 aliphatic rings. The van der Waals surface area contributed by atoms with Crippen LogP contribution in [0.4, 0.5) is 0 Å². The number of hydrogen-bond donors (Lipinski definition) is 3. The van der Waals surface area contributed by atoms with Crippen molar-refractivity contribution in [1.82, 2.24) is 5.32 Å². The van der Waals surface area contributed by atoms with Gasteiger partial charge in [-0.05, 0) is 89.3 Å². The molecule has 0 aliphatic carbocycles. The predicted octanol–water partition coefficient (Wildman–Crippen LogP) is 10.6. The van der Waals surface area contributed by atoms with Crippen molar-refractivity contribution >= 4 is 52.1 Å². The fourth-order valence-corrected chi connectivity index (χ4v) is 9.73. The van der Waals surface area contributed by atoms with Gasteiger partial charge >= 0.3 is 16.4 Å². The average Bonchev–Trinajstić information content (AvgIpc) is 3.23. The molecule has 5 rings (SSSR count). The highest BCUT2D eigenvalue weighted by atomic mass is 32.3. The van der Waals surface area contributed by atoms with Gasteiger partial charge in [0, 0.05) is 12.8 Å². The van der Waals surface area contributed by atoms with Crippen LogP contribution in [0.1, 0.15) is 122 Å². The summed E-state index contributed by atoms with van der Waals surface area (Å²) in [6.45, 7) is 9.92. The van der Waals surface area contributed by atoms with Gasteiger partial charge in [0.05, 0.1) is 6.61 Å². The van der Waals surface area contributed by atoms with Crippen molar-refractivity contribution in [2.75, 3.05) is 6.61 Å². The van der Waals surface area contributed by atoms with Crippen molar-refractivity contribution in [2.24, 2.45) is 0 Å². The molecule has 0 bridgehead atoms. The second-order valence-electron chi connectivity index (χ2n) is 18.7. The molecule has 0 aromatic heterocycles. The van der Waals surface area contributed by atoms with Gasteiger partial charge in [0.15, 0.2) is 20.7 Å². The van der Waals surface area contributed by atoms with E-state index in [1.54, 1.807) is 0 Å². The summed E-state index contributed by atoms with van der Waals surface area (Å²) in [5.41, 5.74) is 2.71. The summed E-state index contributed by atoms with van der Waals surface area (Å²) >= 11 is 0. The Kier molecular flexibility index (Phi) is 19.2. The molecule has 1 heterocycles. The normalized spacial score (nSPS) is 19.6. The molecule has 1 aliphatic heterocycles. The molecular formula is C50H71NO10SSi. The van der Waals surface area contributed by atoms with Crippen molar-refractivity contribution in [3.63, 3.8) is 0 Å². The summed E-state index contributed by atoms with van der Waals surface area (Å²) in [6.07, 6.45) is 7.15. The molecule has 13 heteroatoms. The van der Waals surface area contributed by atoms with E-state index in [4.69, 9.17) is 18.1 Å². The van der Waals surface area contributed by atoms with Crippen LogP contribution in [0.15, 0.2) is 84.9 Å². The first-order valence-electron chi connectivity index (χ1n) is 23.1. The lowest BCUT2D eigenvalue weighted by Gasteiger charge is -2.45. The summed E-state index contributed by atoms with van der Waals surface area (Å²) in [5.74, 6) is -1.06. The number of rotatable bonds is 25. The number of fused-ring (bicyclic) bond motifs is 2. The SMILES string of the molecule is CC(C)(C)[Si](C)(C)OC[C@H]1OC(O)[C@H](NC(=O)CCCCCCCCc2cccc3ccccc23)[C@@H](OC(=O)CCCCCCCCc2cccc3ccccc23)[C@@H]1OS(=O)(=O)O. The second-order valence-corrected chi connectivity index (χ2v) is 24.5. The Bertz CT molecular complexity index is 2160. The van der Waals surface area contributed by atoms with Crippen LogP contribution in [0.3, 0.4) is 0 Å². The third-order valence-corrected chi connectivity index (χ3v) is 17.8. The average molecular weight is 906 g/mol. The van der Waals surface area contributed by atoms with E-state index in [0.717, 1.165) is 77.0 Å². The van der Waals surface area contributed by atoms with Crippen molar-refractivity contribution < 1.29 is 45.7 Å². The van der Waals surface area contributed by atoms with Crippen LogP contribution in [0.25, 0.3) is 21.5 Å². The fraction of sp³-hybridized carbons (Fsp3) is 0.560. The summed E-state index contributed by atoms with van der Waals surface area (Å²) in [4.78, 5) is 26.8. The maximum absolute atomic E-state index is 13.4. The predicted molar refractivity (Wildman–Crippen MR) is 252 cm³/mol. The number of hydrogen-bond acceptors (Lipinski definition) is 9. The fourth-order valence-electron chi connectivity index (χ4n) is 8.20. The molecule has 1 amide bonds. The Morgan fingerprint density at radius 3 is 1.68 bits per heavy atom. The summed E-state index contributed by atoms with van der Waals surface area (Å²) in [6, 6.07) is 28.4. The lowest BCUT2D eigenvalue weighted by molar-refractivity contribution is -0.253. The largest absolute Gasteiger partial charge is 0.457 e. The van der Waals surface area contributed by atoms with Gasteiger partial charge in [0.1, 0.15) is 18.2 Å². The number of ether oxygens (including phenoxy) is 2. The van der Waals surface area contributed by atoms with Gasteiger partial charge in [-0.3, -0.25) is 14.1 Å². The molecule has 63 heavy (non-hydrogen) atoms. The van der Waals surface area contributed by atoms with Gasteiger partial charge in [-0.2, -0.15) is 8.42 Å². The Hall–Kier alpha value is -3.69. The van der Waals surface area contributed by atoms with Crippen molar-refractivity contribution in [1.29, 1.82) is 0 Å². The molecular weight excluding hydrogens is 835 g/mol. The van der Waals surface area contributed by atoms with E-state index >= 15 is 0 Å². The van der Waals surface area contributed by atoms with Crippen LogP contribution in [0.5, 0.6) is 0 Å². The van der Waals surface area contributed by atoms with Gasteiger partial charge in [-0.25, -0.2) is 4.18 Å². The van der Waals surface area contributed by atoms with Gasteiger partial charge in [-0.15, -0.1) is 0 Å². The number of esters is 1. The topological polar surface area (TPSA) is 158 Å². The molecule has 11 nitrogen and oxygen atoms in total. The molecule has 4 aromatic rings. The maximum Gasteiger partial charge on any atom is 0.397 e. The zero-order valence-corrected chi connectivity index (χ0v) is 39.9. The van der Waals surface area contributed by atoms with E-state index in [0.29, 0.717) is 12.8 Å². The lowest BCUT2D eigenvalue weighted by Crippen LogP contribution is -2.66. The molecule has 4 aromatic carbocycles. The van der Waals surface area contributed by atoms with Crippen LogP contribution >= 0.6 is 0 Å². The highest BCUT2D eigenvalue weighted by Gasteiger charge is 2.51. The third kappa shape index (κ3) is 15.8. The van der Waals surface area contributed by atoms with Crippen molar-refractivity contribution in [3.05, 3.63) is 96.1 Å². The van der Waals surface area contributed by atoms with Gasteiger partial charge in [0.2, 0.25) is 5.91 Å². The monoisotopic (exact) mass is 905 g/mol. The molecule has 5 atom stereocenters. The van der Waals surface area contributed by atoms with Crippen molar-refractivity contribution in [2.45, 2.75) is 172 Å². The molecule has 1 unspecified atom stereocenters. The first kappa shape index (κ1) is 50.3. The zero-order valence-electron chi connectivity index (χ0n) is 38.1. The molecule has 0 spiro atoms. The van der Waals surface area contributed by atoms with Crippen LogP contribution in [-0.2, 0) is 50.9 Å². The minimum Gasteiger partial charge on any atom is -0.457 e. The Balaban J connectivity index is 1.12. The number of carbonyl (C=O) groups excluding carboxylic acids is 2. The maximum atomic E-state index is 13.4. The Morgan fingerprint density at radius 2 is 1.16 bits per heavy atom. The smallest absolute Gasteiger partial charge is 0.397 e. The van der Waals surface area contributed by atoms with Gasteiger partial charge < -0.3 is 24.3 Å². The molecule has 0 saturated carbocycles. The van der Waals surface area contributed by atoms with Gasteiger partial charge in [-0.1, -0.05) is 157 Å². The second kappa shape index (κ2) is 24.0. The molecule has 1 fully saturated rings. The van der Waals surface area contributed by atoms with E-state index in [2.05, 4.69) is 90.2 Å². The summed E-state index contributed by atoms with van der Waals surface area (Å²) < 4.78 is 57.6. The van der Waals surface area contributed by atoms with Gasteiger partial charge in [0.25, 0.3) is 0 Å². The summed E-state index contributed by atoms with van der Waals surface area (Å²) in [7, 11) is -7.52. The molecule has 1 saturated heterocycles. The number of aryl methyl sites for hydroxylation is 2. The Labute approximate surface area is 376 Å². The van der Waals surface area contributed by atoms with E-state index in [9.17, 15) is 27.7 Å². The first-order valence-corrected chi connectivity index (χ1v) is 27.3. The number of benzene rings is 4. The minimum absolute atomic E-state index is 0.0375. The van der Waals surface area contributed by atoms with Crippen molar-refractivity contribution in [3.8, 4) is 0 Å². The minimum atomic E-state index is -5.10. The van der Waals surface area contributed by atoms with E-state index in [1.807, 2.05) is 33.9 Å². The van der Waals surface area contributed by atoms with Crippen LogP contribution in [0, 0.1) is 0 Å². The lowest BCUT2D eigenvalue weighted by atomic mass is 9.96. The highest BCUT2D eigenvalue weighted by molar-refractivity contribution is 7.80. The Morgan fingerprint density at radius 1 is 0.683 bits per heavy atom. The first-order chi connectivity index (χ1) is 30.0. The molecule has 346 valence electrons. The van der Waals surface area contributed by atoms with E-state index < -0.39 is 61.2 Å².